The molecule has 0 radical (unpaired) electrons. The number of ether oxygens (including phenoxy) is 1. The molecule has 0 N–H and O–H groups in total. The lowest BCUT2D eigenvalue weighted by atomic mass is 9.95. The van der Waals surface area contributed by atoms with E-state index >= 15 is 0 Å². The minimum atomic E-state index is -0.280. The normalized spacial score (nSPS) is 29.8. The number of hydrogen-bond acceptors (Lipinski definition) is 4. The first-order valence-electron chi connectivity index (χ1n) is 10.1. The van der Waals surface area contributed by atoms with Crippen LogP contribution in [0.4, 0.5) is 0 Å². The SMILES string of the molecule is O=C(C1CCCN(C(=O)C2CC2)C1)N1CCN(C(=O)C2CCCO2)CC1. The minimum absolute atomic E-state index is 0.0770. The molecule has 144 valence electrons. The summed E-state index contributed by atoms with van der Waals surface area (Å²) in [6.45, 7) is 4.39. The summed E-state index contributed by atoms with van der Waals surface area (Å²) in [7, 11) is 0. The van der Waals surface area contributed by atoms with Crippen LogP contribution in [-0.4, -0.2) is 84.4 Å². The van der Waals surface area contributed by atoms with Crippen molar-refractivity contribution in [2.24, 2.45) is 11.8 Å². The predicted octanol–water partition coefficient (Wildman–Crippen LogP) is 0.485. The van der Waals surface area contributed by atoms with E-state index in [4.69, 9.17) is 4.74 Å². The van der Waals surface area contributed by atoms with E-state index in [9.17, 15) is 14.4 Å². The van der Waals surface area contributed by atoms with Crippen molar-refractivity contribution in [2.75, 3.05) is 45.9 Å². The molecular weight excluding hydrogens is 334 g/mol. The van der Waals surface area contributed by atoms with Gasteiger partial charge in [0.15, 0.2) is 0 Å². The summed E-state index contributed by atoms with van der Waals surface area (Å²) in [5.41, 5.74) is 0. The van der Waals surface area contributed by atoms with Gasteiger partial charge in [0.25, 0.3) is 5.91 Å². The first-order valence-corrected chi connectivity index (χ1v) is 10.1. The Labute approximate surface area is 154 Å². The third-order valence-electron chi connectivity index (χ3n) is 6.12. The molecule has 0 aromatic carbocycles. The molecule has 3 amide bonds. The standard InChI is InChI=1S/C19H29N3O4/c23-17(14-5-6-14)22-7-1-3-15(13-22)18(24)20-8-10-21(11-9-20)19(25)16-4-2-12-26-16/h14-16H,1-13H2. The van der Waals surface area contributed by atoms with Crippen molar-refractivity contribution < 1.29 is 19.1 Å². The van der Waals surface area contributed by atoms with Gasteiger partial charge in [-0.1, -0.05) is 0 Å². The maximum atomic E-state index is 12.9. The van der Waals surface area contributed by atoms with Crippen LogP contribution in [0.15, 0.2) is 0 Å². The van der Waals surface area contributed by atoms with Crippen molar-refractivity contribution in [3.63, 3.8) is 0 Å². The molecule has 1 aliphatic carbocycles. The Morgan fingerprint density at radius 1 is 0.654 bits per heavy atom. The molecule has 3 aliphatic heterocycles. The highest BCUT2D eigenvalue weighted by atomic mass is 16.5. The van der Waals surface area contributed by atoms with E-state index in [0.29, 0.717) is 39.3 Å². The molecule has 7 heteroatoms. The number of rotatable bonds is 3. The van der Waals surface area contributed by atoms with E-state index in [1.807, 2.05) is 14.7 Å². The molecule has 0 aromatic heterocycles. The number of piperazine rings is 1. The molecule has 26 heavy (non-hydrogen) atoms. The van der Waals surface area contributed by atoms with Gasteiger partial charge >= 0.3 is 0 Å². The fourth-order valence-corrected chi connectivity index (χ4v) is 4.35. The Kier molecular flexibility index (Phi) is 5.16. The second-order valence-corrected chi connectivity index (χ2v) is 8.05. The van der Waals surface area contributed by atoms with Gasteiger partial charge in [-0.15, -0.1) is 0 Å². The molecule has 3 heterocycles. The average molecular weight is 363 g/mol. The van der Waals surface area contributed by atoms with E-state index in [-0.39, 0.29) is 35.7 Å². The lowest BCUT2D eigenvalue weighted by Gasteiger charge is -2.39. The molecule has 0 bridgehead atoms. The van der Waals surface area contributed by atoms with Crippen LogP contribution in [0, 0.1) is 11.8 Å². The molecule has 0 spiro atoms. The Bertz CT molecular complexity index is 563. The van der Waals surface area contributed by atoms with Crippen LogP contribution in [-0.2, 0) is 19.1 Å². The zero-order valence-corrected chi connectivity index (χ0v) is 15.4. The fraction of sp³-hybridized carbons (Fsp3) is 0.842. The van der Waals surface area contributed by atoms with Crippen LogP contribution in [0.1, 0.15) is 38.5 Å². The van der Waals surface area contributed by atoms with Crippen LogP contribution >= 0.6 is 0 Å². The largest absolute Gasteiger partial charge is 0.368 e. The van der Waals surface area contributed by atoms with Crippen molar-refractivity contribution in [1.82, 2.24) is 14.7 Å². The summed E-state index contributed by atoms with van der Waals surface area (Å²) in [6, 6.07) is 0. The van der Waals surface area contributed by atoms with Gasteiger partial charge in [0.05, 0.1) is 5.92 Å². The molecule has 1 saturated carbocycles. The second kappa shape index (κ2) is 7.55. The van der Waals surface area contributed by atoms with E-state index in [2.05, 4.69) is 0 Å². The van der Waals surface area contributed by atoms with Crippen LogP contribution < -0.4 is 0 Å². The van der Waals surface area contributed by atoms with Crippen LogP contribution in [0.2, 0.25) is 0 Å². The molecule has 2 atom stereocenters. The fourth-order valence-electron chi connectivity index (χ4n) is 4.35. The lowest BCUT2D eigenvalue weighted by molar-refractivity contribution is -0.149. The Hall–Kier alpha value is -1.63. The van der Waals surface area contributed by atoms with Crippen molar-refractivity contribution in [2.45, 2.75) is 44.6 Å². The molecule has 4 rings (SSSR count). The highest BCUT2D eigenvalue weighted by Crippen LogP contribution is 2.32. The number of nitrogens with zero attached hydrogens (tertiary/aromatic N) is 3. The smallest absolute Gasteiger partial charge is 0.251 e. The third kappa shape index (κ3) is 3.72. The van der Waals surface area contributed by atoms with E-state index in [1.54, 1.807) is 0 Å². The maximum Gasteiger partial charge on any atom is 0.251 e. The maximum absolute atomic E-state index is 12.9. The van der Waals surface area contributed by atoms with Gasteiger partial charge < -0.3 is 19.4 Å². The van der Waals surface area contributed by atoms with E-state index in [1.165, 1.54) is 0 Å². The highest BCUT2D eigenvalue weighted by Gasteiger charge is 2.38. The summed E-state index contributed by atoms with van der Waals surface area (Å²) in [5, 5.41) is 0. The number of amides is 3. The molecular formula is C19H29N3O4. The first-order chi connectivity index (χ1) is 12.6. The number of likely N-dealkylation sites (tertiary alicyclic amines) is 1. The molecule has 2 unspecified atom stereocenters. The van der Waals surface area contributed by atoms with Crippen molar-refractivity contribution in [3.8, 4) is 0 Å². The summed E-state index contributed by atoms with van der Waals surface area (Å²) >= 11 is 0. The van der Waals surface area contributed by atoms with Crippen LogP contribution in [0.3, 0.4) is 0 Å². The van der Waals surface area contributed by atoms with Gasteiger partial charge in [-0.3, -0.25) is 14.4 Å². The molecule has 3 saturated heterocycles. The summed E-state index contributed by atoms with van der Waals surface area (Å²) < 4.78 is 5.49. The lowest BCUT2D eigenvalue weighted by Crippen LogP contribution is -2.55. The van der Waals surface area contributed by atoms with Gasteiger partial charge in [-0.2, -0.15) is 0 Å². The zero-order chi connectivity index (χ0) is 18.1. The number of hydrogen-bond donors (Lipinski definition) is 0. The monoisotopic (exact) mass is 363 g/mol. The van der Waals surface area contributed by atoms with Gasteiger partial charge in [-0.05, 0) is 38.5 Å². The number of piperidine rings is 1. The Morgan fingerprint density at radius 2 is 1.31 bits per heavy atom. The summed E-state index contributed by atoms with van der Waals surface area (Å²) in [4.78, 5) is 43.2. The van der Waals surface area contributed by atoms with Gasteiger partial charge in [-0.25, -0.2) is 0 Å². The zero-order valence-electron chi connectivity index (χ0n) is 15.4. The van der Waals surface area contributed by atoms with Crippen LogP contribution in [0.25, 0.3) is 0 Å². The third-order valence-corrected chi connectivity index (χ3v) is 6.12. The van der Waals surface area contributed by atoms with Crippen molar-refractivity contribution in [1.29, 1.82) is 0 Å². The van der Waals surface area contributed by atoms with Gasteiger partial charge in [0.1, 0.15) is 6.10 Å². The number of carbonyl (C=O) groups is 3. The van der Waals surface area contributed by atoms with Gasteiger partial charge in [0, 0.05) is 51.8 Å². The number of carbonyl (C=O) groups excluding carboxylic acids is 3. The summed E-state index contributed by atoms with van der Waals surface area (Å²) in [5.74, 6) is 0.619. The van der Waals surface area contributed by atoms with E-state index < -0.39 is 0 Å². The van der Waals surface area contributed by atoms with Crippen molar-refractivity contribution >= 4 is 17.7 Å². The quantitative estimate of drug-likeness (QED) is 0.732. The van der Waals surface area contributed by atoms with E-state index in [0.717, 1.165) is 45.1 Å². The Morgan fingerprint density at radius 3 is 1.92 bits per heavy atom. The van der Waals surface area contributed by atoms with Crippen LogP contribution in [0.5, 0.6) is 0 Å². The molecule has 4 aliphatic rings. The molecule has 7 nitrogen and oxygen atoms in total. The minimum Gasteiger partial charge on any atom is -0.368 e. The highest BCUT2D eigenvalue weighted by molar-refractivity contribution is 5.84. The van der Waals surface area contributed by atoms with Crippen molar-refractivity contribution in [3.05, 3.63) is 0 Å². The Balaban J connectivity index is 1.27. The first kappa shape index (κ1) is 17.8. The van der Waals surface area contributed by atoms with Gasteiger partial charge in [0.2, 0.25) is 11.8 Å². The topological polar surface area (TPSA) is 70.2 Å². The summed E-state index contributed by atoms with van der Waals surface area (Å²) in [6.07, 6.45) is 5.27. The predicted molar refractivity (Wildman–Crippen MR) is 94.2 cm³/mol. The molecule has 4 fully saturated rings. The average Bonchev–Trinajstić information content (AvgIpc) is 3.40. The second-order valence-electron chi connectivity index (χ2n) is 8.05. The molecule has 0 aromatic rings.